The van der Waals surface area contributed by atoms with E-state index >= 15 is 0 Å². The summed E-state index contributed by atoms with van der Waals surface area (Å²) in [5.41, 5.74) is 5.88. The highest BCUT2D eigenvalue weighted by Crippen LogP contribution is 2.22. The monoisotopic (exact) mass is 250 g/mol. The topological polar surface area (TPSA) is 102 Å². The van der Waals surface area contributed by atoms with E-state index in [4.69, 9.17) is 10.9 Å². The van der Waals surface area contributed by atoms with Gasteiger partial charge in [0.1, 0.15) is 17.0 Å². The summed E-state index contributed by atoms with van der Waals surface area (Å²) in [6, 6.07) is 5.25. The van der Waals surface area contributed by atoms with Gasteiger partial charge in [0.05, 0.1) is 0 Å². The van der Waals surface area contributed by atoms with Crippen molar-refractivity contribution in [2.24, 2.45) is 17.9 Å². The Kier molecular flexibility index (Phi) is 3.24. The van der Waals surface area contributed by atoms with E-state index in [1.807, 2.05) is 6.07 Å². The Morgan fingerprint density at radius 1 is 1.53 bits per heavy atom. The molecular weight excluding hydrogens is 240 g/mol. The summed E-state index contributed by atoms with van der Waals surface area (Å²) in [5, 5.41) is 16.8. The second-order valence-electron chi connectivity index (χ2n) is 3.11. The maximum atomic E-state index is 8.57. The fourth-order valence-corrected chi connectivity index (χ4v) is 1.89. The molecule has 2 heterocycles. The van der Waals surface area contributed by atoms with Crippen molar-refractivity contribution in [2.45, 2.75) is 10.2 Å². The van der Waals surface area contributed by atoms with Crippen LogP contribution in [0.2, 0.25) is 0 Å². The van der Waals surface area contributed by atoms with Gasteiger partial charge in [-0.15, -0.1) is 0 Å². The number of amidine groups is 1. The lowest BCUT2D eigenvalue weighted by molar-refractivity contribution is 0.318. The van der Waals surface area contributed by atoms with E-state index < -0.39 is 0 Å². The van der Waals surface area contributed by atoms with Gasteiger partial charge in [-0.25, -0.2) is 14.6 Å². The first kappa shape index (κ1) is 11.4. The first-order valence-corrected chi connectivity index (χ1v) is 5.49. The summed E-state index contributed by atoms with van der Waals surface area (Å²) in [5.74, 6) is -0.0228. The predicted octanol–water partition coefficient (Wildman–Crippen LogP) is 0.456. The molecule has 0 aliphatic carbocycles. The van der Waals surface area contributed by atoms with E-state index in [2.05, 4.69) is 20.2 Å². The number of hydrogen-bond acceptors (Lipinski definition) is 6. The van der Waals surface area contributed by atoms with Gasteiger partial charge in [-0.05, 0) is 23.9 Å². The van der Waals surface area contributed by atoms with Crippen molar-refractivity contribution in [3.63, 3.8) is 0 Å². The van der Waals surface area contributed by atoms with Gasteiger partial charge in [-0.1, -0.05) is 11.2 Å². The van der Waals surface area contributed by atoms with Crippen LogP contribution >= 0.6 is 11.8 Å². The maximum absolute atomic E-state index is 8.57. The van der Waals surface area contributed by atoms with E-state index in [0.717, 1.165) is 0 Å². The number of nitrogens with two attached hydrogens (primary N) is 1. The van der Waals surface area contributed by atoms with Gasteiger partial charge < -0.3 is 10.9 Å². The predicted molar refractivity (Wildman–Crippen MR) is 61.9 cm³/mol. The van der Waals surface area contributed by atoms with Crippen LogP contribution in [-0.4, -0.2) is 30.8 Å². The SMILES string of the molecule is Cn1ncnc1Sc1cccc(/C(N)=N/O)n1. The Labute approximate surface area is 101 Å². The quantitative estimate of drug-likeness (QED) is 0.355. The number of nitrogens with zero attached hydrogens (tertiary/aromatic N) is 5. The van der Waals surface area contributed by atoms with Crippen LogP contribution < -0.4 is 5.73 Å². The number of aryl methyl sites for hydroxylation is 1. The van der Waals surface area contributed by atoms with Crippen LogP contribution in [0.15, 0.2) is 39.9 Å². The third-order valence-electron chi connectivity index (χ3n) is 1.96. The zero-order valence-corrected chi connectivity index (χ0v) is 9.79. The fourth-order valence-electron chi connectivity index (χ4n) is 1.14. The molecule has 0 atom stereocenters. The van der Waals surface area contributed by atoms with E-state index in [1.54, 1.807) is 23.9 Å². The molecule has 7 nitrogen and oxygen atoms in total. The zero-order valence-electron chi connectivity index (χ0n) is 8.98. The van der Waals surface area contributed by atoms with Gasteiger partial charge in [-0.3, -0.25) is 0 Å². The molecule has 0 unspecified atom stereocenters. The summed E-state index contributed by atoms with van der Waals surface area (Å²) < 4.78 is 1.64. The lowest BCUT2D eigenvalue weighted by atomic mass is 10.3. The Morgan fingerprint density at radius 2 is 2.35 bits per heavy atom. The Bertz CT molecular complexity index is 552. The molecule has 0 aromatic carbocycles. The second-order valence-corrected chi connectivity index (χ2v) is 4.10. The minimum atomic E-state index is -0.0228. The van der Waals surface area contributed by atoms with Crippen LogP contribution in [0.1, 0.15) is 5.69 Å². The maximum Gasteiger partial charge on any atom is 0.192 e. The highest BCUT2D eigenvalue weighted by Gasteiger charge is 2.07. The lowest BCUT2D eigenvalue weighted by Crippen LogP contribution is -2.14. The largest absolute Gasteiger partial charge is 0.409 e. The van der Waals surface area contributed by atoms with Crippen LogP contribution in [0.3, 0.4) is 0 Å². The molecule has 0 aliphatic heterocycles. The van der Waals surface area contributed by atoms with Crippen LogP contribution in [0.5, 0.6) is 0 Å². The molecule has 0 saturated carbocycles. The molecule has 2 aromatic rings. The van der Waals surface area contributed by atoms with Gasteiger partial charge in [0.2, 0.25) is 0 Å². The van der Waals surface area contributed by atoms with Crippen molar-refractivity contribution < 1.29 is 5.21 Å². The first-order valence-electron chi connectivity index (χ1n) is 4.67. The van der Waals surface area contributed by atoms with Crippen molar-refractivity contribution in [1.29, 1.82) is 0 Å². The molecule has 2 aromatic heterocycles. The molecule has 0 bridgehead atoms. The summed E-state index contributed by atoms with van der Waals surface area (Å²) in [6.07, 6.45) is 1.47. The summed E-state index contributed by atoms with van der Waals surface area (Å²) in [7, 11) is 1.79. The molecule has 0 amide bonds. The Balaban J connectivity index is 2.26. The zero-order chi connectivity index (χ0) is 12.3. The highest BCUT2D eigenvalue weighted by atomic mass is 32.2. The minimum absolute atomic E-state index is 0.0228. The number of oxime groups is 1. The Hall–Kier alpha value is -2.09. The molecule has 3 N–H and O–H groups in total. The first-order chi connectivity index (χ1) is 8.20. The van der Waals surface area contributed by atoms with Crippen molar-refractivity contribution in [3.8, 4) is 0 Å². The molecule has 0 saturated heterocycles. The van der Waals surface area contributed by atoms with Gasteiger partial charge in [-0.2, -0.15) is 5.10 Å². The third kappa shape index (κ3) is 2.53. The van der Waals surface area contributed by atoms with Gasteiger partial charge in [0.15, 0.2) is 11.0 Å². The second kappa shape index (κ2) is 4.83. The van der Waals surface area contributed by atoms with Crippen LogP contribution in [0.25, 0.3) is 0 Å². The summed E-state index contributed by atoms with van der Waals surface area (Å²) in [4.78, 5) is 8.30. The average Bonchev–Trinajstić information content (AvgIpc) is 2.74. The molecule has 0 aliphatic rings. The molecular formula is C9H10N6OS. The van der Waals surface area contributed by atoms with Crippen molar-refractivity contribution >= 4 is 17.6 Å². The number of hydrogen-bond donors (Lipinski definition) is 2. The number of aromatic nitrogens is 4. The van der Waals surface area contributed by atoms with Crippen molar-refractivity contribution in [2.75, 3.05) is 0 Å². The normalized spacial score (nSPS) is 11.7. The number of pyridine rings is 1. The smallest absolute Gasteiger partial charge is 0.192 e. The third-order valence-corrected chi connectivity index (χ3v) is 2.95. The van der Waals surface area contributed by atoms with Crippen LogP contribution in [0, 0.1) is 0 Å². The molecule has 88 valence electrons. The van der Waals surface area contributed by atoms with Crippen molar-refractivity contribution in [1.82, 2.24) is 19.7 Å². The lowest BCUT2D eigenvalue weighted by Gasteiger charge is -2.02. The molecule has 2 rings (SSSR count). The van der Waals surface area contributed by atoms with E-state index in [1.165, 1.54) is 18.1 Å². The van der Waals surface area contributed by atoms with Gasteiger partial charge >= 0.3 is 0 Å². The fraction of sp³-hybridized carbons (Fsp3) is 0.111. The highest BCUT2D eigenvalue weighted by molar-refractivity contribution is 7.99. The number of rotatable bonds is 3. The van der Waals surface area contributed by atoms with Gasteiger partial charge in [0.25, 0.3) is 0 Å². The summed E-state index contributed by atoms with van der Waals surface area (Å²) in [6.45, 7) is 0. The standard InChI is InChI=1S/C9H10N6OS/c1-15-9(11-5-12-15)17-7-4-2-3-6(13-7)8(10)14-16/h2-5,16H,1H3,(H2,10,14). The summed E-state index contributed by atoms with van der Waals surface area (Å²) >= 11 is 1.35. The molecule has 8 heteroatoms. The van der Waals surface area contributed by atoms with E-state index in [0.29, 0.717) is 15.9 Å². The van der Waals surface area contributed by atoms with Crippen LogP contribution in [0.4, 0.5) is 0 Å². The van der Waals surface area contributed by atoms with Crippen molar-refractivity contribution in [3.05, 3.63) is 30.2 Å². The molecule has 0 radical (unpaired) electrons. The van der Waals surface area contributed by atoms with E-state index in [-0.39, 0.29) is 5.84 Å². The average molecular weight is 250 g/mol. The van der Waals surface area contributed by atoms with Gasteiger partial charge in [0, 0.05) is 7.05 Å². The van der Waals surface area contributed by atoms with Crippen LogP contribution in [-0.2, 0) is 7.05 Å². The molecule has 17 heavy (non-hydrogen) atoms. The minimum Gasteiger partial charge on any atom is -0.409 e. The molecule has 0 spiro atoms. The van der Waals surface area contributed by atoms with E-state index in [9.17, 15) is 0 Å². The Morgan fingerprint density at radius 3 is 3.00 bits per heavy atom. The molecule has 0 fully saturated rings.